The zero-order valence-electron chi connectivity index (χ0n) is 29.9. The largest absolute Gasteiger partial charge is 0.310 e. The molecule has 0 amide bonds. The molecule has 0 saturated carbocycles. The topological polar surface area (TPSA) is 8.17 Å². The molecule has 0 fully saturated rings. The zero-order chi connectivity index (χ0) is 35.5. The summed E-state index contributed by atoms with van der Waals surface area (Å²) in [5.41, 5.74) is 17.1. The summed E-state index contributed by atoms with van der Waals surface area (Å²) in [5.74, 6) is 0. The van der Waals surface area contributed by atoms with Gasteiger partial charge in [-0.05, 0) is 105 Å². The molecule has 8 aromatic carbocycles. The maximum Gasteiger partial charge on any atom is 0.0547 e. The first-order valence-corrected chi connectivity index (χ1v) is 18.4. The lowest BCUT2D eigenvalue weighted by molar-refractivity contribution is 0.660. The van der Waals surface area contributed by atoms with Crippen LogP contribution in [0.4, 0.5) is 17.1 Å². The van der Waals surface area contributed by atoms with Crippen LogP contribution >= 0.6 is 0 Å². The van der Waals surface area contributed by atoms with Gasteiger partial charge in [-0.3, -0.25) is 0 Å². The molecule has 0 spiro atoms. The van der Waals surface area contributed by atoms with Crippen molar-refractivity contribution < 1.29 is 0 Å². The number of nitrogens with zero attached hydrogens (tertiary/aromatic N) is 2. The molecule has 9 aromatic rings. The van der Waals surface area contributed by atoms with Crippen molar-refractivity contribution in [3.8, 4) is 39.1 Å². The maximum atomic E-state index is 2.41. The van der Waals surface area contributed by atoms with Crippen molar-refractivity contribution in [1.82, 2.24) is 4.57 Å². The van der Waals surface area contributed by atoms with E-state index < -0.39 is 0 Å². The second-order valence-corrected chi connectivity index (χ2v) is 14.6. The fourth-order valence-corrected chi connectivity index (χ4v) is 8.54. The van der Waals surface area contributed by atoms with E-state index in [2.05, 4.69) is 217 Å². The summed E-state index contributed by atoms with van der Waals surface area (Å²) in [4.78, 5) is 2.40. The number of hydrogen-bond donors (Lipinski definition) is 0. The molecule has 0 radical (unpaired) electrons. The Morgan fingerprint density at radius 1 is 0.377 bits per heavy atom. The fourth-order valence-electron chi connectivity index (χ4n) is 8.54. The van der Waals surface area contributed by atoms with Gasteiger partial charge in [-0.25, -0.2) is 0 Å². The average molecular weight is 679 g/mol. The second kappa shape index (κ2) is 12.3. The summed E-state index contributed by atoms with van der Waals surface area (Å²) in [5, 5.41) is 2.51. The summed E-state index contributed by atoms with van der Waals surface area (Å²) in [6, 6.07) is 70.8. The summed E-state index contributed by atoms with van der Waals surface area (Å²) < 4.78 is 2.41. The van der Waals surface area contributed by atoms with Crippen LogP contribution in [0.2, 0.25) is 0 Å². The predicted octanol–water partition coefficient (Wildman–Crippen LogP) is 13.9. The Bertz CT molecular complexity index is 2790. The molecule has 1 heterocycles. The van der Waals surface area contributed by atoms with Crippen LogP contribution < -0.4 is 4.90 Å². The van der Waals surface area contributed by atoms with Crippen LogP contribution in [0.1, 0.15) is 25.0 Å². The van der Waals surface area contributed by atoms with Crippen molar-refractivity contribution in [2.24, 2.45) is 0 Å². The van der Waals surface area contributed by atoms with Crippen molar-refractivity contribution >= 4 is 38.9 Å². The van der Waals surface area contributed by atoms with Crippen molar-refractivity contribution in [3.05, 3.63) is 205 Å². The number of hydrogen-bond acceptors (Lipinski definition) is 1. The van der Waals surface area contributed by atoms with Crippen LogP contribution in [0.5, 0.6) is 0 Å². The highest BCUT2D eigenvalue weighted by Gasteiger charge is 2.35. The number of aromatic nitrogens is 1. The number of para-hydroxylation sites is 2. The zero-order valence-corrected chi connectivity index (χ0v) is 29.9. The minimum absolute atomic E-state index is 0.0815. The summed E-state index contributed by atoms with van der Waals surface area (Å²) in [6.07, 6.45) is 0. The fraction of sp³-hybridized carbons (Fsp3) is 0.0588. The van der Waals surface area contributed by atoms with Crippen molar-refractivity contribution in [1.29, 1.82) is 0 Å². The van der Waals surface area contributed by atoms with Crippen LogP contribution in [0.15, 0.2) is 194 Å². The molecular weight excluding hydrogens is 641 g/mol. The highest BCUT2D eigenvalue weighted by molar-refractivity contribution is 6.10. The van der Waals surface area contributed by atoms with E-state index in [0.29, 0.717) is 0 Å². The Morgan fingerprint density at radius 2 is 0.962 bits per heavy atom. The van der Waals surface area contributed by atoms with Gasteiger partial charge in [0.1, 0.15) is 0 Å². The van der Waals surface area contributed by atoms with E-state index in [1.165, 1.54) is 66.3 Å². The van der Waals surface area contributed by atoms with Gasteiger partial charge in [-0.15, -0.1) is 0 Å². The van der Waals surface area contributed by atoms with Crippen molar-refractivity contribution in [3.63, 3.8) is 0 Å². The molecule has 0 aliphatic heterocycles. The van der Waals surface area contributed by atoms with E-state index in [-0.39, 0.29) is 5.41 Å². The molecule has 10 rings (SSSR count). The van der Waals surface area contributed by atoms with Gasteiger partial charge in [0.15, 0.2) is 0 Å². The molecule has 0 unspecified atom stereocenters. The van der Waals surface area contributed by atoms with Crippen LogP contribution in [-0.2, 0) is 5.41 Å². The van der Waals surface area contributed by atoms with Crippen molar-refractivity contribution in [2.75, 3.05) is 4.90 Å². The highest BCUT2D eigenvalue weighted by atomic mass is 15.1. The maximum absolute atomic E-state index is 2.41. The average Bonchev–Trinajstić information content (AvgIpc) is 3.67. The Kier molecular flexibility index (Phi) is 7.19. The Morgan fingerprint density at radius 3 is 1.79 bits per heavy atom. The van der Waals surface area contributed by atoms with Gasteiger partial charge in [0, 0.05) is 38.9 Å². The van der Waals surface area contributed by atoms with E-state index in [9.17, 15) is 0 Å². The van der Waals surface area contributed by atoms with Gasteiger partial charge in [0.2, 0.25) is 0 Å². The molecule has 0 atom stereocenters. The quantitative estimate of drug-likeness (QED) is 0.170. The highest BCUT2D eigenvalue weighted by Crippen LogP contribution is 2.50. The molecule has 1 aliphatic rings. The van der Waals surface area contributed by atoms with E-state index in [4.69, 9.17) is 0 Å². The normalized spacial score (nSPS) is 12.9. The minimum atomic E-state index is -0.0815. The lowest BCUT2D eigenvalue weighted by atomic mass is 9.82. The SMILES string of the molecule is CC1(C)c2ccccc2-c2ccc(N(c3ccccc3)c3cccc(-c4ccc5c6ccccc6n(-c6ccc(-c7ccccc7)cc6)c5c4)c3)cc21. The smallest absolute Gasteiger partial charge is 0.0547 e. The third-order valence-corrected chi connectivity index (χ3v) is 11.2. The molecule has 0 N–H and O–H groups in total. The number of fused-ring (bicyclic) bond motifs is 6. The van der Waals surface area contributed by atoms with E-state index >= 15 is 0 Å². The monoisotopic (exact) mass is 678 g/mol. The molecule has 2 nitrogen and oxygen atoms in total. The van der Waals surface area contributed by atoms with E-state index in [1.54, 1.807) is 0 Å². The van der Waals surface area contributed by atoms with Gasteiger partial charge < -0.3 is 9.47 Å². The van der Waals surface area contributed by atoms with E-state index in [1.807, 2.05) is 0 Å². The molecule has 2 heteroatoms. The summed E-state index contributed by atoms with van der Waals surface area (Å²) in [6.45, 7) is 4.70. The van der Waals surface area contributed by atoms with E-state index in [0.717, 1.165) is 22.7 Å². The van der Waals surface area contributed by atoms with Gasteiger partial charge in [-0.1, -0.05) is 147 Å². The Hall–Kier alpha value is -6.64. The molecule has 1 aliphatic carbocycles. The van der Waals surface area contributed by atoms with Gasteiger partial charge >= 0.3 is 0 Å². The first-order valence-electron chi connectivity index (χ1n) is 18.4. The molecule has 1 aromatic heterocycles. The second-order valence-electron chi connectivity index (χ2n) is 14.6. The molecule has 53 heavy (non-hydrogen) atoms. The third-order valence-electron chi connectivity index (χ3n) is 11.2. The minimum Gasteiger partial charge on any atom is -0.310 e. The Balaban J connectivity index is 1.09. The predicted molar refractivity (Wildman–Crippen MR) is 224 cm³/mol. The van der Waals surface area contributed by atoms with Gasteiger partial charge in [-0.2, -0.15) is 0 Å². The number of anilines is 3. The Labute approximate surface area is 310 Å². The first-order chi connectivity index (χ1) is 26.0. The van der Waals surface area contributed by atoms with Crippen LogP contribution in [0.3, 0.4) is 0 Å². The molecule has 252 valence electrons. The first kappa shape index (κ1) is 31.1. The van der Waals surface area contributed by atoms with Crippen LogP contribution in [0, 0.1) is 0 Å². The molecule has 0 saturated heterocycles. The third kappa shape index (κ3) is 5.10. The lowest BCUT2D eigenvalue weighted by Crippen LogP contribution is -2.16. The van der Waals surface area contributed by atoms with Crippen LogP contribution in [0.25, 0.3) is 60.9 Å². The number of rotatable bonds is 6. The molecular formula is C51H38N2. The summed E-state index contributed by atoms with van der Waals surface area (Å²) >= 11 is 0. The standard InChI is InChI=1S/C51H38N2/c1-51(2)47-22-11-9-20-43(47)44-31-29-42(34-48(44)51)52(39-17-7-4-8-18-39)41-19-13-16-37(32-41)38-26-30-46-45-21-10-12-23-49(45)53(50(46)33-38)40-27-24-36(25-28-40)35-14-5-3-6-15-35/h3-34H,1-2H3. The number of benzene rings is 8. The molecule has 0 bridgehead atoms. The van der Waals surface area contributed by atoms with Gasteiger partial charge in [0.25, 0.3) is 0 Å². The summed E-state index contributed by atoms with van der Waals surface area (Å²) in [7, 11) is 0. The van der Waals surface area contributed by atoms with Crippen LogP contribution in [-0.4, -0.2) is 4.57 Å². The van der Waals surface area contributed by atoms with Crippen molar-refractivity contribution in [2.45, 2.75) is 19.3 Å². The van der Waals surface area contributed by atoms with Gasteiger partial charge in [0.05, 0.1) is 11.0 Å². The lowest BCUT2D eigenvalue weighted by Gasteiger charge is -2.28.